The second kappa shape index (κ2) is 20.1. The highest BCUT2D eigenvalue weighted by molar-refractivity contribution is 5.89. The summed E-state index contributed by atoms with van der Waals surface area (Å²) >= 11 is 0. The fourth-order valence-electron chi connectivity index (χ4n) is 4.90. The molecule has 0 aromatic heterocycles. The van der Waals surface area contributed by atoms with Crippen LogP contribution < -0.4 is 0 Å². The van der Waals surface area contributed by atoms with E-state index in [4.69, 9.17) is 0 Å². The zero-order valence-electron chi connectivity index (χ0n) is 22.4. The average molecular weight is 459 g/mol. The third-order valence-electron chi connectivity index (χ3n) is 7.05. The lowest BCUT2D eigenvalue weighted by molar-refractivity contribution is 0.0695. The first-order chi connectivity index (χ1) is 16.1. The smallest absolute Gasteiger partial charge is 0.335 e. The van der Waals surface area contributed by atoms with Gasteiger partial charge in [0.2, 0.25) is 0 Å². The van der Waals surface area contributed by atoms with Gasteiger partial charge in [-0.15, -0.1) is 0 Å². The van der Waals surface area contributed by atoms with E-state index in [0.29, 0.717) is 5.56 Å². The second-order valence-electron chi connectivity index (χ2n) is 10.1. The van der Waals surface area contributed by atoms with Crippen molar-refractivity contribution in [1.29, 1.82) is 0 Å². The molecule has 0 bridgehead atoms. The number of carboxylic acids is 1. The van der Waals surface area contributed by atoms with Gasteiger partial charge in [0.15, 0.2) is 0 Å². The maximum atomic E-state index is 12.1. The Balaban J connectivity index is 2.79. The van der Waals surface area contributed by atoms with Crippen molar-refractivity contribution < 1.29 is 9.90 Å². The van der Waals surface area contributed by atoms with E-state index in [1.165, 1.54) is 120 Å². The van der Waals surface area contributed by atoms with Crippen molar-refractivity contribution in [2.75, 3.05) is 0 Å². The molecule has 0 amide bonds. The van der Waals surface area contributed by atoms with Gasteiger partial charge in [0.05, 0.1) is 5.56 Å². The largest absolute Gasteiger partial charge is 0.478 e. The molecule has 2 heteroatoms. The summed E-state index contributed by atoms with van der Waals surface area (Å²) in [4.78, 5) is 12.1. The van der Waals surface area contributed by atoms with Gasteiger partial charge in [-0.1, -0.05) is 123 Å². The van der Waals surface area contributed by atoms with Gasteiger partial charge in [0.1, 0.15) is 0 Å². The van der Waals surface area contributed by atoms with Crippen LogP contribution in [-0.4, -0.2) is 11.1 Å². The molecule has 0 radical (unpaired) electrons. The van der Waals surface area contributed by atoms with Crippen molar-refractivity contribution in [2.24, 2.45) is 0 Å². The van der Waals surface area contributed by atoms with Crippen LogP contribution in [0.15, 0.2) is 12.1 Å². The summed E-state index contributed by atoms with van der Waals surface area (Å²) in [6, 6.07) is 4.33. The van der Waals surface area contributed by atoms with Crippen LogP contribution in [0.2, 0.25) is 0 Å². The topological polar surface area (TPSA) is 37.3 Å². The van der Waals surface area contributed by atoms with Crippen LogP contribution in [0.4, 0.5) is 0 Å². The van der Waals surface area contributed by atoms with Gasteiger partial charge in [0, 0.05) is 0 Å². The molecule has 0 aliphatic carbocycles. The summed E-state index contributed by atoms with van der Waals surface area (Å²) in [5.41, 5.74) is 4.38. The lowest BCUT2D eigenvalue weighted by Gasteiger charge is -2.15. The molecule has 2 nitrogen and oxygen atoms in total. The molecule has 1 aromatic rings. The predicted octanol–water partition coefficient (Wildman–Crippen LogP) is 10.1. The highest BCUT2D eigenvalue weighted by Gasteiger charge is 2.15. The Labute approximate surface area is 206 Å². The molecule has 0 atom stereocenters. The van der Waals surface area contributed by atoms with Crippen LogP contribution in [0.5, 0.6) is 0 Å². The van der Waals surface area contributed by atoms with Crippen LogP contribution >= 0.6 is 0 Å². The second-order valence-corrected chi connectivity index (χ2v) is 10.1. The van der Waals surface area contributed by atoms with E-state index in [1.54, 1.807) is 0 Å². The Morgan fingerprint density at radius 3 is 1.24 bits per heavy atom. The third kappa shape index (κ3) is 13.9. The van der Waals surface area contributed by atoms with Gasteiger partial charge < -0.3 is 5.11 Å². The van der Waals surface area contributed by atoms with E-state index in [2.05, 4.69) is 26.8 Å². The highest BCUT2D eigenvalue weighted by Crippen LogP contribution is 2.24. The van der Waals surface area contributed by atoms with E-state index >= 15 is 0 Å². The molecular weight excluding hydrogens is 404 g/mol. The number of carbonyl (C=O) groups is 1. The van der Waals surface area contributed by atoms with Gasteiger partial charge in [-0.05, 0) is 61.3 Å². The molecule has 0 unspecified atom stereocenters. The van der Waals surface area contributed by atoms with E-state index < -0.39 is 5.97 Å². The molecule has 0 fully saturated rings. The normalized spacial score (nSPS) is 11.2. The lowest BCUT2D eigenvalue weighted by atomic mass is 9.90. The molecule has 0 spiro atoms. The summed E-state index contributed by atoms with van der Waals surface area (Å²) in [5, 5.41) is 9.92. The van der Waals surface area contributed by atoms with Crippen molar-refractivity contribution in [3.8, 4) is 0 Å². The van der Waals surface area contributed by atoms with Crippen molar-refractivity contribution >= 4 is 5.97 Å². The van der Waals surface area contributed by atoms with Gasteiger partial charge in [-0.25, -0.2) is 4.79 Å². The zero-order chi connectivity index (χ0) is 24.2. The van der Waals surface area contributed by atoms with Crippen molar-refractivity contribution in [2.45, 2.75) is 156 Å². The van der Waals surface area contributed by atoms with Gasteiger partial charge in [0.25, 0.3) is 0 Å². The standard InChI is InChI=1S/C31H54O2/c1-4-7-10-13-16-19-22-27-25-29(24-21-18-15-12-9-6-3)30(31(32)33)26-28(27)23-20-17-14-11-8-5-2/h25-26H,4-24H2,1-3H3,(H,32,33). The maximum Gasteiger partial charge on any atom is 0.335 e. The van der Waals surface area contributed by atoms with Crippen molar-refractivity contribution in [3.63, 3.8) is 0 Å². The minimum absolute atomic E-state index is 0.566. The molecule has 190 valence electrons. The maximum absolute atomic E-state index is 12.1. The molecule has 0 heterocycles. The Morgan fingerprint density at radius 2 is 0.848 bits per heavy atom. The first-order valence-electron chi connectivity index (χ1n) is 14.5. The lowest BCUT2D eigenvalue weighted by Crippen LogP contribution is -2.07. The SMILES string of the molecule is CCCCCCCCc1cc(CCCCCCCC)c(C(=O)O)cc1CCCCCCCC. The fourth-order valence-corrected chi connectivity index (χ4v) is 4.90. The Morgan fingerprint density at radius 1 is 0.515 bits per heavy atom. The van der Waals surface area contributed by atoms with Crippen LogP contribution in [-0.2, 0) is 19.3 Å². The van der Waals surface area contributed by atoms with E-state index in [-0.39, 0.29) is 0 Å². The number of unbranched alkanes of at least 4 members (excludes halogenated alkanes) is 15. The fraction of sp³-hybridized carbons (Fsp3) is 0.774. The first-order valence-corrected chi connectivity index (χ1v) is 14.5. The van der Waals surface area contributed by atoms with Crippen LogP contribution in [0, 0.1) is 0 Å². The minimum atomic E-state index is -0.744. The van der Waals surface area contributed by atoms with Gasteiger partial charge >= 0.3 is 5.97 Å². The summed E-state index contributed by atoms with van der Waals surface area (Å²) in [6.07, 6.45) is 26.1. The summed E-state index contributed by atoms with van der Waals surface area (Å²) in [6.45, 7) is 6.77. The molecule has 33 heavy (non-hydrogen) atoms. The number of hydrogen-bond acceptors (Lipinski definition) is 1. The van der Waals surface area contributed by atoms with E-state index in [0.717, 1.165) is 31.2 Å². The molecule has 0 saturated carbocycles. The number of benzene rings is 1. The van der Waals surface area contributed by atoms with Crippen LogP contribution in [0.25, 0.3) is 0 Å². The Hall–Kier alpha value is -1.31. The predicted molar refractivity (Wildman–Crippen MR) is 145 cm³/mol. The van der Waals surface area contributed by atoms with Crippen LogP contribution in [0.3, 0.4) is 0 Å². The van der Waals surface area contributed by atoms with E-state index in [9.17, 15) is 9.90 Å². The third-order valence-corrected chi connectivity index (χ3v) is 7.05. The summed E-state index contributed by atoms with van der Waals surface area (Å²) in [7, 11) is 0. The number of aryl methyl sites for hydroxylation is 3. The Kier molecular flexibility index (Phi) is 18.1. The minimum Gasteiger partial charge on any atom is -0.478 e. The number of aromatic carboxylic acids is 1. The first kappa shape index (κ1) is 29.7. The molecule has 0 aliphatic heterocycles. The van der Waals surface area contributed by atoms with Gasteiger partial charge in [-0.2, -0.15) is 0 Å². The summed E-state index contributed by atoms with van der Waals surface area (Å²) < 4.78 is 0. The van der Waals surface area contributed by atoms with Crippen molar-refractivity contribution in [1.82, 2.24) is 0 Å². The Bertz CT molecular complexity index is 620. The number of rotatable bonds is 22. The molecule has 0 saturated heterocycles. The average Bonchev–Trinajstić information content (AvgIpc) is 2.81. The van der Waals surface area contributed by atoms with Crippen LogP contribution in [0.1, 0.15) is 163 Å². The molecule has 0 aliphatic rings. The quantitative estimate of drug-likeness (QED) is 0.175. The zero-order valence-corrected chi connectivity index (χ0v) is 22.4. The van der Waals surface area contributed by atoms with Gasteiger partial charge in [-0.3, -0.25) is 0 Å². The molecule has 1 rings (SSSR count). The summed E-state index contributed by atoms with van der Waals surface area (Å²) in [5.74, 6) is -0.744. The highest BCUT2D eigenvalue weighted by atomic mass is 16.4. The number of carboxylic acid groups (broad SMARTS) is 1. The van der Waals surface area contributed by atoms with E-state index in [1.807, 2.05) is 6.07 Å². The molecule has 1 aromatic carbocycles. The number of hydrogen-bond donors (Lipinski definition) is 1. The monoisotopic (exact) mass is 458 g/mol. The molecular formula is C31H54O2. The molecule has 1 N–H and O–H groups in total. The van der Waals surface area contributed by atoms with Crippen molar-refractivity contribution in [3.05, 3.63) is 34.4 Å².